The number of aromatic nitrogens is 2. The molecule has 70 valence electrons. The summed E-state index contributed by atoms with van der Waals surface area (Å²) >= 11 is 0. The van der Waals surface area contributed by atoms with Crippen LogP contribution in [0.3, 0.4) is 0 Å². The van der Waals surface area contributed by atoms with E-state index in [0.29, 0.717) is 6.54 Å². The van der Waals surface area contributed by atoms with E-state index in [0.717, 1.165) is 12.2 Å². The van der Waals surface area contributed by atoms with Gasteiger partial charge in [0.1, 0.15) is 0 Å². The Hall–Kier alpha value is -1.36. The Labute approximate surface area is 75.7 Å². The normalized spacial score (nSPS) is 20.8. The fraction of sp³-hybridized carbons (Fsp3) is 0.500. The molecule has 0 fully saturated rings. The standard InChI is InChI=1S/C8H11N3O2/c1-13-8(12)7-5-9-4-6-2-3-10-11(6)7/h2-3,7,9H,4-5H2,1H3. The zero-order chi connectivity index (χ0) is 9.26. The molecular formula is C8H11N3O2. The Morgan fingerprint density at radius 2 is 2.69 bits per heavy atom. The summed E-state index contributed by atoms with van der Waals surface area (Å²) in [5.74, 6) is -0.253. The van der Waals surface area contributed by atoms with Gasteiger partial charge in [-0.05, 0) is 6.07 Å². The van der Waals surface area contributed by atoms with E-state index in [1.807, 2.05) is 6.07 Å². The van der Waals surface area contributed by atoms with Gasteiger partial charge in [-0.2, -0.15) is 5.10 Å². The molecule has 2 heterocycles. The van der Waals surface area contributed by atoms with Crippen LogP contribution in [0.5, 0.6) is 0 Å². The van der Waals surface area contributed by atoms with Crippen LogP contribution in [0.1, 0.15) is 11.7 Å². The number of ether oxygens (including phenoxy) is 1. The van der Waals surface area contributed by atoms with Crippen LogP contribution in [0.2, 0.25) is 0 Å². The van der Waals surface area contributed by atoms with Crippen molar-refractivity contribution >= 4 is 5.97 Å². The fourth-order valence-electron chi connectivity index (χ4n) is 1.50. The molecule has 0 spiro atoms. The lowest BCUT2D eigenvalue weighted by Gasteiger charge is -2.23. The second kappa shape index (κ2) is 3.18. The second-order valence-electron chi connectivity index (χ2n) is 2.94. The third-order valence-corrected chi connectivity index (χ3v) is 2.16. The zero-order valence-corrected chi connectivity index (χ0v) is 7.36. The number of fused-ring (bicyclic) bond motifs is 1. The number of carbonyl (C=O) groups excluding carboxylic acids is 1. The third kappa shape index (κ3) is 1.31. The molecule has 5 heteroatoms. The van der Waals surface area contributed by atoms with Crippen molar-refractivity contribution in [2.24, 2.45) is 0 Å². The zero-order valence-electron chi connectivity index (χ0n) is 7.36. The molecule has 0 saturated carbocycles. The first-order valence-corrected chi connectivity index (χ1v) is 4.14. The highest BCUT2D eigenvalue weighted by Crippen LogP contribution is 2.14. The van der Waals surface area contributed by atoms with Crippen molar-refractivity contribution in [3.8, 4) is 0 Å². The van der Waals surface area contributed by atoms with E-state index in [4.69, 9.17) is 0 Å². The SMILES string of the molecule is COC(=O)C1CNCc2ccnn21. The molecule has 0 aromatic carbocycles. The minimum Gasteiger partial charge on any atom is -0.467 e. The summed E-state index contributed by atoms with van der Waals surface area (Å²) in [4.78, 5) is 11.3. The summed E-state index contributed by atoms with van der Waals surface area (Å²) in [5, 5.41) is 7.21. The van der Waals surface area contributed by atoms with Crippen molar-refractivity contribution < 1.29 is 9.53 Å². The Morgan fingerprint density at radius 3 is 3.46 bits per heavy atom. The average molecular weight is 181 g/mol. The van der Waals surface area contributed by atoms with Crippen LogP contribution in [0.15, 0.2) is 12.3 Å². The molecule has 1 aliphatic heterocycles. The quantitative estimate of drug-likeness (QED) is 0.604. The third-order valence-electron chi connectivity index (χ3n) is 2.16. The van der Waals surface area contributed by atoms with Gasteiger partial charge in [-0.1, -0.05) is 0 Å². The van der Waals surface area contributed by atoms with Crippen LogP contribution in [-0.4, -0.2) is 29.4 Å². The van der Waals surface area contributed by atoms with Gasteiger partial charge in [-0.15, -0.1) is 0 Å². The van der Waals surface area contributed by atoms with Gasteiger partial charge in [0.15, 0.2) is 6.04 Å². The van der Waals surface area contributed by atoms with Crippen LogP contribution >= 0.6 is 0 Å². The molecule has 13 heavy (non-hydrogen) atoms. The number of hydrogen-bond acceptors (Lipinski definition) is 4. The van der Waals surface area contributed by atoms with Gasteiger partial charge in [0.05, 0.1) is 12.8 Å². The molecule has 2 rings (SSSR count). The minimum atomic E-state index is -0.316. The first-order chi connectivity index (χ1) is 6.33. The molecule has 1 atom stereocenters. The Balaban J connectivity index is 2.30. The average Bonchev–Trinajstić information content (AvgIpc) is 2.63. The van der Waals surface area contributed by atoms with Gasteiger partial charge < -0.3 is 10.1 Å². The lowest BCUT2D eigenvalue weighted by Crippen LogP contribution is -2.38. The Morgan fingerprint density at radius 1 is 1.85 bits per heavy atom. The van der Waals surface area contributed by atoms with Crippen LogP contribution in [-0.2, 0) is 16.1 Å². The number of esters is 1. The number of nitrogens with one attached hydrogen (secondary N) is 1. The topological polar surface area (TPSA) is 56.1 Å². The van der Waals surface area contributed by atoms with E-state index >= 15 is 0 Å². The monoisotopic (exact) mass is 181 g/mol. The van der Waals surface area contributed by atoms with Crippen LogP contribution in [0, 0.1) is 0 Å². The summed E-state index contributed by atoms with van der Waals surface area (Å²) in [6, 6.07) is 1.57. The molecule has 1 aliphatic rings. The largest absolute Gasteiger partial charge is 0.467 e. The molecule has 0 saturated heterocycles. The number of nitrogens with zero attached hydrogens (tertiary/aromatic N) is 2. The summed E-state index contributed by atoms with van der Waals surface area (Å²) in [7, 11) is 1.39. The van der Waals surface area contributed by atoms with Gasteiger partial charge in [-0.25, -0.2) is 4.79 Å². The second-order valence-corrected chi connectivity index (χ2v) is 2.94. The molecule has 1 aromatic rings. The highest BCUT2D eigenvalue weighted by Gasteiger charge is 2.26. The van der Waals surface area contributed by atoms with Crippen LogP contribution in [0.25, 0.3) is 0 Å². The molecule has 1 aromatic heterocycles. The van der Waals surface area contributed by atoms with Gasteiger partial charge in [0, 0.05) is 19.3 Å². The summed E-state index contributed by atoms with van der Waals surface area (Å²) in [5.41, 5.74) is 1.02. The van der Waals surface area contributed by atoms with E-state index in [-0.39, 0.29) is 12.0 Å². The van der Waals surface area contributed by atoms with E-state index in [1.165, 1.54) is 7.11 Å². The minimum absolute atomic E-state index is 0.253. The molecule has 0 amide bonds. The predicted octanol–water partition coefficient (Wildman–Crippen LogP) is -0.300. The van der Waals surface area contributed by atoms with Gasteiger partial charge >= 0.3 is 5.97 Å². The van der Waals surface area contributed by atoms with E-state index in [1.54, 1.807) is 10.9 Å². The van der Waals surface area contributed by atoms with Crippen molar-refractivity contribution in [3.05, 3.63) is 18.0 Å². The summed E-state index contributed by atoms with van der Waals surface area (Å²) < 4.78 is 6.39. The van der Waals surface area contributed by atoms with Crippen molar-refractivity contribution in [2.45, 2.75) is 12.6 Å². The summed E-state index contributed by atoms with van der Waals surface area (Å²) in [6.45, 7) is 1.34. The van der Waals surface area contributed by atoms with Crippen molar-refractivity contribution in [3.63, 3.8) is 0 Å². The highest BCUT2D eigenvalue weighted by atomic mass is 16.5. The predicted molar refractivity (Wildman–Crippen MR) is 45.0 cm³/mol. The number of rotatable bonds is 1. The molecule has 1 N–H and O–H groups in total. The lowest BCUT2D eigenvalue weighted by atomic mass is 10.2. The van der Waals surface area contributed by atoms with Gasteiger partial charge in [0.2, 0.25) is 0 Å². The first kappa shape index (κ1) is 8.25. The molecule has 1 unspecified atom stereocenters. The van der Waals surface area contributed by atoms with Gasteiger partial charge in [-0.3, -0.25) is 4.68 Å². The van der Waals surface area contributed by atoms with E-state index in [9.17, 15) is 4.79 Å². The van der Waals surface area contributed by atoms with Gasteiger partial charge in [0.25, 0.3) is 0 Å². The molecule has 5 nitrogen and oxygen atoms in total. The smallest absolute Gasteiger partial charge is 0.332 e. The summed E-state index contributed by atoms with van der Waals surface area (Å²) in [6.07, 6.45) is 1.69. The number of methoxy groups -OCH3 is 1. The van der Waals surface area contributed by atoms with E-state index < -0.39 is 0 Å². The number of carbonyl (C=O) groups is 1. The number of hydrogen-bond donors (Lipinski definition) is 1. The first-order valence-electron chi connectivity index (χ1n) is 4.14. The van der Waals surface area contributed by atoms with Crippen molar-refractivity contribution in [1.29, 1.82) is 0 Å². The maximum absolute atomic E-state index is 11.3. The van der Waals surface area contributed by atoms with Crippen molar-refractivity contribution in [2.75, 3.05) is 13.7 Å². The maximum Gasteiger partial charge on any atom is 0.332 e. The molecule has 0 aliphatic carbocycles. The highest BCUT2D eigenvalue weighted by molar-refractivity contribution is 5.74. The Bertz CT molecular complexity index is 321. The van der Waals surface area contributed by atoms with E-state index in [2.05, 4.69) is 15.2 Å². The fourth-order valence-corrected chi connectivity index (χ4v) is 1.50. The lowest BCUT2D eigenvalue weighted by molar-refractivity contribution is -0.145. The maximum atomic E-state index is 11.3. The van der Waals surface area contributed by atoms with Crippen LogP contribution in [0.4, 0.5) is 0 Å². The Kier molecular flexibility index (Phi) is 2.02. The molecular weight excluding hydrogens is 170 g/mol. The van der Waals surface area contributed by atoms with Crippen molar-refractivity contribution in [1.82, 2.24) is 15.1 Å². The molecule has 0 bridgehead atoms. The van der Waals surface area contributed by atoms with Crippen LogP contribution < -0.4 is 5.32 Å². The molecule has 0 radical (unpaired) electrons.